The van der Waals surface area contributed by atoms with Crippen LogP contribution >= 0.6 is 22.7 Å². The molecule has 0 aromatic carbocycles. The smallest absolute Gasteiger partial charge is 0.341 e. The molecule has 3 rings (SSSR count). The zero-order valence-corrected chi connectivity index (χ0v) is 25.8. The Morgan fingerprint density at radius 3 is 1.36 bits per heavy atom. The van der Waals surface area contributed by atoms with Crippen LogP contribution in [-0.4, -0.2) is 92.8 Å². The molecule has 13 nitrogen and oxygen atoms in total. The van der Waals surface area contributed by atoms with E-state index in [-0.39, 0.29) is 54.1 Å². The van der Waals surface area contributed by atoms with Gasteiger partial charge in [0, 0.05) is 28.2 Å². The number of carbonyl (C=O) groups excluding carboxylic acids is 6. The summed E-state index contributed by atoms with van der Waals surface area (Å²) in [7, 11) is 8.61. The summed E-state index contributed by atoms with van der Waals surface area (Å²) in [5.74, 6) is -3.69. The van der Waals surface area contributed by atoms with Crippen molar-refractivity contribution in [1.82, 2.24) is 14.8 Å². The topological polar surface area (TPSA) is 164 Å². The number of carbonyl (C=O) groups is 6. The first-order valence-electron chi connectivity index (χ1n) is 12.2. The van der Waals surface area contributed by atoms with Crippen LogP contribution in [0.3, 0.4) is 0 Å². The number of anilines is 2. The molecule has 3 heterocycles. The van der Waals surface area contributed by atoms with Gasteiger partial charge in [0.1, 0.15) is 21.4 Å². The monoisotopic (exact) mass is 615 g/mol. The maximum absolute atomic E-state index is 13.2. The van der Waals surface area contributed by atoms with Crippen molar-refractivity contribution in [3.63, 3.8) is 0 Å². The number of nitrogens with zero attached hydrogens (tertiary/aromatic N) is 3. The van der Waals surface area contributed by atoms with Gasteiger partial charge in [-0.15, -0.1) is 22.7 Å². The number of hydrogen-bond donors (Lipinski definition) is 2. The fourth-order valence-electron chi connectivity index (χ4n) is 3.73. The predicted octanol–water partition coefficient (Wildman–Crippen LogP) is 3.30. The first-order valence-corrected chi connectivity index (χ1v) is 13.8. The number of amides is 4. The molecule has 0 bridgehead atoms. The summed E-state index contributed by atoms with van der Waals surface area (Å²) >= 11 is 1.82. The number of rotatable bonds is 8. The highest BCUT2D eigenvalue weighted by Gasteiger charge is 2.29. The number of esters is 2. The van der Waals surface area contributed by atoms with Crippen LogP contribution in [0, 0.1) is 13.8 Å². The number of pyridine rings is 1. The molecule has 0 fully saturated rings. The standard InChI is InChI=1S/C27H29N5O8S2/c1-12-16(26(37)39-7)22(41-18(12)24(35)31(3)4)29-20(33)14-10-9-11-15(28-14)21(34)30-23-17(27(38)40-8)13(2)19(42-23)25(36)32(5)6/h9-11H,1-8H3,(H,29,33)(H,30,34). The van der Waals surface area contributed by atoms with Crippen LogP contribution in [0.15, 0.2) is 18.2 Å². The van der Waals surface area contributed by atoms with Gasteiger partial charge < -0.3 is 29.9 Å². The highest BCUT2D eigenvalue weighted by atomic mass is 32.1. The van der Waals surface area contributed by atoms with Crippen molar-refractivity contribution in [3.8, 4) is 0 Å². The third-order valence-electron chi connectivity index (χ3n) is 5.94. The SMILES string of the molecule is COC(=O)c1c(NC(=O)c2cccc(C(=O)Nc3sc(C(=O)N(C)C)c(C)c3C(=O)OC)n2)sc(C(=O)N(C)C)c1C. The Bertz CT molecular complexity index is 1490. The van der Waals surface area contributed by atoms with Gasteiger partial charge in [0.15, 0.2) is 0 Å². The average Bonchev–Trinajstić information content (AvgIpc) is 3.46. The first-order chi connectivity index (χ1) is 19.7. The zero-order chi connectivity index (χ0) is 31.5. The summed E-state index contributed by atoms with van der Waals surface area (Å²) in [6, 6.07) is 4.15. The van der Waals surface area contributed by atoms with Crippen molar-refractivity contribution in [2.24, 2.45) is 0 Å². The second kappa shape index (κ2) is 12.9. The molecule has 0 spiro atoms. The molecule has 0 saturated heterocycles. The van der Waals surface area contributed by atoms with Gasteiger partial charge in [-0.05, 0) is 37.1 Å². The number of methoxy groups -OCH3 is 2. The van der Waals surface area contributed by atoms with E-state index in [1.165, 1.54) is 42.2 Å². The predicted molar refractivity (Wildman–Crippen MR) is 157 cm³/mol. The van der Waals surface area contributed by atoms with Crippen molar-refractivity contribution in [3.05, 3.63) is 61.6 Å². The quantitative estimate of drug-likeness (QED) is 0.362. The third-order valence-corrected chi connectivity index (χ3v) is 8.33. The number of aromatic nitrogens is 1. The Morgan fingerprint density at radius 1 is 0.690 bits per heavy atom. The Balaban J connectivity index is 1.93. The molecule has 3 aromatic heterocycles. The Labute approximate surface area is 249 Å². The molecule has 15 heteroatoms. The maximum atomic E-state index is 13.2. The van der Waals surface area contributed by atoms with Crippen molar-refractivity contribution in [1.29, 1.82) is 0 Å². The molecule has 0 aliphatic heterocycles. The third kappa shape index (κ3) is 6.31. The lowest BCUT2D eigenvalue weighted by Gasteiger charge is -2.08. The van der Waals surface area contributed by atoms with Gasteiger partial charge >= 0.3 is 11.9 Å². The van der Waals surface area contributed by atoms with Gasteiger partial charge in [0.05, 0.1) is 35.1 Å². The molecule has 0 radical (unpaired) electrons. The lowest BCUT2D eigenvalue weighted by atomic mass is 10.1. The summed E-state index contributed by atoms with van der Waals surface area (Å²) in [5, 5.41) is 5.35. The summed E-state index contributed by atoms with van der Waals surface area (Å²) in [6.07, 6.45) is 0. The fourth-order valence-corrected chi connectivity index (χ4v) is 6.16. The summed E-state index contributed by atoms with van der Waals surface area (Å²) < 4.78 is 9.69. The van der Waals surface area contributed by atoms with E-state index in [2.05, 4.69) is 15.6 Å². The van der Waals surface area contributed by atoms with Crippen molar-refractivity contribution in [2.75, 3.05) is 53.0 Å². The van der Waals surface area contributed by atoms with E-state index in [9.17, 15) is 28.8 Å². The van der Waals surface area contributed by atoms with Gasteiger partial charge in [0.2, 0.25) is 0 Å². The maximum Gasteiger partial charge on any atom is 0.341 e. The van der Waals surface area contributed by atoms with Crippen LogP contribution in [0.5, 0.6) is 0 Å². The molecule has 0 saturated carbocycles. The lowest BCUT2D eigenvalue weighted by molar-refractivity contribution is 0.0592. The Morgan fingerprint density at radius 2 is 1.05 bits per heavy atom. The zero-order valence-electron chi connectivity index (χ0n) is 24.2. The summed E-state index contributed by atoms with van der Waals surface area (Å²) in [5.41, 5.74) is 0.430. The number of nitrogens with one attached hydrogen (secondary N) is 2. The molecule has 2 N–H and O–H groups in total. The Kier molecular flexibility index (Phi) is 9.80. The Hall–Kier alpha value is -4.63. The van der Waals surface area contributed by atoms with Crippen molar-refractivity contribution in [2.45, 2.75) is 13.8 Å². The number of thiophene rings is 2. The summed E-state index contributed by atoms with van der Waals surface area (Å²) in [4.78, 5) is 83.8. The molecule has 4 amide bonds. The van der Waals surface area contributed by atoms with E-state index in [1.54, 1.807) is 42.0 Å². The highest BCUT2D eigenvalue weighted by molar-refractivity contribution is 7.19. The van der Waals surface area contributed by atoms with E-state index in [0.717, 1.165) is 22.7 Å². The fraction of sp³-hybridized carbons (Fsp3) is 0.296. The first kappa shape index (κ1) is 31.9. The van der Waals surface area contributed by atoms with Gasteiger partial charge in [-0.1, -0.05) is 6.07 Å². The molecular formula is C27H29N5O8S2. The largest absolute Gasteiger partial charge is 0.465 e. The second-order valence-electron chi connectivity index (χ2n) is 9.22. The average molecular weight is 616 g/mol. The normalized spacial score (nSPS) is 10.5. The van der Waals surface area contributed by atoms with Crippen LogP contribution in [-0.2, 0) is 9.47 Å². The molecular weight excluding hydrogens is 586 g/mol. The molecule has 0 atom stereocenters. The van der Waals surface area contributed by atoms with Gasteiger partial charge in [0.25, 0.3) is 23.6 Å². The van der Waals surface area contributed by atoms with E-state index >= 15 is 0 Å². The van der Waals surface area contributed by atoms with E-state index in [1.807, 2.05) is 0 Å². The van der Waals surface area contributed by atoms with Crippen LogP contribution in [0.1, 0.15) is 72.2 Å². The van der Waals surface area contributed by atoms with Crippen LogP contribution < -0.4 is 10.6 Å². The van der Waals surface area contributed by atoms with Crippen LogP contribution in [0.4, 0.5) is 10.0 Å². The number of ether oxygens (including phenoxy) is 2. The van der Waals surface area contributed by atoms with E-state index in [4.69, 9.17) is 9.47 Å². The van der Waals surface area contributed by atoms with Crippen LogP contribution in [0.25, 0.3) is 0 Å². The molecule has 3 aromatic rings. The molecule has 0 aliphatic carbocycles. The molecule has 42 heavy (non-hydrogen) atoms. The number of hydrogen-bond acceptors (Lipinski definition) is 11. The minimum Gasteiger partial charge on any atom is -0.465 e. The van der Waals surface area contributed by atoms with E-state index < -0.39 is 23.8 Å². The van der Waals surface area contributed by atoms with Gasteiger partial charge in [-0.3, -0.25) is 19.2 Å². The molecule has 222 valence electrons. The highest BCUT2D eigenvalue weighted by Crippen LogP contribution is 2.36. The van der Waals surface area contributed by atoms with Crippen molar-refractivity contribution < 1.29 is 38.2 Å². The summed E-state index contributed by atoms with van der Waals surface area (Å²) in [6.45, 7) is 3.15. The van der Waals surface area contributed by atoms with Gasteiger partial charge in [-0.25, -0.2) is 14.6 Å². The van der Waals surface area contributed by atoms with Gasteiger partial charge in [-0.2, -0.15) is 0 Å². The van der Waals surface area contributed by atoms with Crippen LogP contribution in [0.2, 0.25) is 0 Å². The minimum absolute atomic E-state index is 0.0291. The molecule has 0 unspecified atom stereocenters. The second-order valence-corrected chi connectivity index (χ2v) is 11.3. The van der Waals surface area contributed by atoms with Crippen molar-refractivity contribution >= 4 is 68.2 Å². The van der Waals surface area contributed by atoms with E-state index in [0.29, 0.717) is 11.1 Å². The lowest BCUT2D eigenvalue weighted by Crippen LogP contribution is -2.21. The molecule has 0 aliphatic rings. The minimum atomic E-state index is -0.749.